The first-order valence-electron chi connectivity index (χ1n) is 7.30. The number of aliphatic hydroxyl groups excluding tert-OH is 1. The third-order valence-electron chi connectivity index (χ3n) is 3.51. The number of nitrogens with two attached hydrogens (primary N) is 1. The zero-order valence-corrected chi connectivity index (χ0v) is 12.4. The molecule has 4 heteroatoms. The Labute approximate surface area is 116 Å². The second-order valence-electron chi connectivity index (χ2n) is 5.08. The van der Waals surface area contributed by atoms with Gasteiger partial charge < -0.3 is 15.3 Å². The van der Waals surface area contributed by atoms with Gasteiger partial charge in [-0.25, -0.2) is 0 Å². The minimum Gasteiger partial charge on any atom is -0.465 e. The summed E-state index contributed by atoms with van der Waals surface area (Å²) in [7, 11) is 0. The van der Waals surface area contributed by atoms with Crippen molar-refractivity contribution < 1.29 is 9.52 Å². The molecule has 0 fully saturated rings. The molecule has 2 unspecified atom stereocenters. The predicted octanol–water partition coefficient (Wildman–Crippen LogP) is 2.46. The standard InChI is InChI=1S/C15H28N2O2/c1-4-6-9-17(10-11-18)15(13(16)5-2)14-8-7-12(3)19-14/h7-8,13,15,18H,4-6,9-11,16H2,1-3H3. The highest BCUT2D eigenvalue weighted by Gasteiger charge is 2.27. The summed E-state index contributed by atoms with van der Waals surface area (Å²) in [6.07, 6.45) is 3.12. The van der Waals surface area contributed by atoms with E-state index in [1.165, 1.54) is 0 Å². The maximum atomic E-state index is 9.28. The molecule has 1 rings (SSSR count). The van der Waals surface area contributed by atoms with Crippen LogP contribution in [0.5, 0.6) is 0 Å². The summed E-state index contributed by atoms with van der Waals surface area (Å²) >= 11 is 0. The Morgan fingerprint density at radius 2 is 2.05 bits per heavy atom. The number of aliphatic hydroxyl groups is 1. The van der Waals surface area contributed by atoms with Crippen LogP contribution in [-0.4, -0.2) is 35.7 Å². The van der Waals surface area contributed by atoms with Gasteiger partial charge in [-0.15, -0.1) is 0 Å². The van der Waals surface area contributed by atoms with E-state index in [9.17, 15) is 5.11 Å². The van der Waals surface area contributed by atoms with Crippen LogP contribution >= 0.6 is 0 Å². The van der Waals surface area contributed by atoms with Gasteiger partial charge in [0.1, 0.15) is 11.5 Å². The molecule has 0 radical (unpaired) electrons. The fraction of sp³-hybridized carbons (Fsp3) is 0.733. The summed E-state index contributed by atoms with van der Waals surface area (Å²) in [5.74, 6) is 1.82. The van der Waals surface area contributed by atoms with Crippen LogP contribution in [0.1, 0.15) is 50.7 Å². The van der Waals surface area contributed by atoms with Crippen molar-refractivity contribution in [2.24, 2.45) is 5.73 Å². The number of hydrogen-bond acceptors (Lipinski definition) is 4. The number of aryl methyl sites for hydroxylation is 1. The summed E-state index contributed by atoms with van der Waals surface area (Å²) in [6, 6.07) is 4.05. The highest BCUT2D eigenvalue weighted by Crippen LogP contribution is 2.27. The van der Waals surface area contributed by atoms with Gasteiger partial charge in [-0.2, -0.15) is 0 Å². The highest BCUT2D eigenvalue weighted by atomic mass is 16.3. The van der Waals surface area contributed by atoms with Crippen molar-refractivity contribution in [2.75, 3.05) is 19.7 Å². The van der Waals surface area contributed by atoms with E-state index in [0.717, 1.165) is 37.3 Å². The van der Waals surface area contributed by atoms with Gasteiger partial charge in [0.2, 0.25) is 0 Å². The first-order valence-corrected chi connectivity index (χ1v) is 7.30. The number of unbranched alkanes of at least 4 members (excludes halogenated alkanes) is 1. The minimum absolute atomic E-state index is 0.0222. The van der Waals surface area contributed by atoms with E-state index in [1.54, 1.807) is 0 Å². The normalized spacial score (nSPS) is 14.8. The zero-order valence-electron chi connectivity index (χ0n) is 12.4. The average Bonchev–Trinajstić information content (AvgIpc) is 2.82. The Bertz CT molecular complexity index is 352. The van der Waals surface area contributed by atoms with Crippen LogP contribution in [0.4, 0.5) is 0 Å². The molecule has 0 spiro atoms. The largest absolute Gasteiger partial charge is 0.465 e. The lowest BCUT2D eigenvalue weighted by molar-refractivity contribution is 0.115. The Kier molecular flexibility index (Phi) is 7.13. The molecule has 0 aliphatic carbocycles. The maximum Gasteiger partial charge on any atom is 0.122 e. The van der Waals surface area contributed by atoms with E-state index >= 15 is 0 Å². The van der Waals surface area contributed by atoms with Gasteiger partial charge in [-0.05, 0) is 38.4 Å². The van der Waals surface area contributed by atoms with Crippen LogP contribution in [0.25, 0.3) is 0 Å². The van der Waals surface area contributed by atoms with Gasteiger partial charge in [-0.3, -0.25) is 4.90 Å². The summed E-state index contributed by atoms with van der Waals surface area (Å²) in [5, 5.41) is 9.28. The lowest BCUT2D eigenvalue weighted by Gasteiger charge is -2.33. The fourth-order valence-electron chi connectivity index (χ4n) is 2.38. The van der Waals surface area contributed by atoms with E-state index in [-0.39, 0.29) is 18.7 Å². The molecule has 1 heterocycles. The third kappa shape index (κ3) is 4.64. The average molecular weight is 268 g/mol. The topological polar surface area (TPSA) is 62.6 Å². The Morgan fingerprint density at radius 3 is 2.53 bits per heavy atom. The van der Waals surface area contributed by atoms with E-state index in [4.69, 9.17) is 10.2 Å². The van der Waals surface area contributed by atoms with E-state index in [2.05, 4.69) is 18.7 Å². The van der Waals surface area contributed by atoms with Crippen LogP contribution < -0.4 is 5.73 Å². The van der Waals surface area contributed by atoms with Gasteiger partial charge in [0.05, 0.1) is 12.6 Å². The number of rotatable bonds is 9. The molecule has 0 saturated carbocycles. The fourth-order valence-corrected chi connectivity index (χ4v) is 2.38. The molecule has 2 atom stereocenters. The molecule has 4 nitrogen and oxygen atoms in total. The Hall–Kier alpha value is -0.840. The zero-order chi connectivity index (χ0) is 14.3. The predicted molar refractivity (Wildman–Crippen MR) is 78.0 cm³/mol. The number of hydrogen-bond donors (Lipinski definition) is 2. The first kappa shape index (κ1) is 16.2. The Balaban J connectivity index is 2.91. The van der Waals surface area contributed by atoms with E-state index in [0.29, 0.717) is 6.54 Å². The van der Waals surface area contributed by atoms with Crippen molar-refractivity contribution in [3.8, 4) is 0 Å². The molecule has 0 bridgehead atoms. The SMILES string of the molecule is CCCCN(CCO)C(c1ccc(C)o1)C(N)CC. The smallest absolute Gasteiger partial charge is 0.122 e. The lowest BCUT2D eigenvalue weighted by atomic mass is 10.0. The van der Waals surface area contributed by atoms with Gasteiger partial charge in [0.15, 0.2) is 0 Å². The molecule has 1 aromatic rings. The second kappa shape index (κ2) is 8.35. The van der Waals surface area contributed by atoms with Crippen LogP contribution in [0.3, 0.4) is 0 Å². The molecule has 3 N–H and O–H groups in total. The lowest BCUT2D eigenvalue weighted by Crippen LogP contribution is -2.42. The summed E-state index contributed by atoms with van der Waals surface area (Å²) < 4.78 is 5.77. The van der Waals surface area contributed by atoms with Crippen molar-refractivity contribution in [3.05, 3.63) is 23.7 Å². The van der Waals surface area contributed by atoms with Crippen LogP contribution in [0.15, 0.2) is 16.5 Å². The van der Waals surface area contributed by atoms with Crippen molar-refractivity contribution in [1.29, 1.82) is 0 Å². The maximum absolute atomic E-state index is 9.28. The molecule has 0 aliphatic heterocycles. The van der Waals surface area contributed by atoms with E-state index < -0.39 is 0 Å². The molecule has 19 heavy (non-hydrogen) atoms. The third-order valence-corrected chi connectivity index (χ3v) is 3.51. The van der Waals surface area contributed by atoms with E-state index in [1.807, 2.05) is 19.1 Å². The molecule has 1 aromatic heterocycles. The van der Waals surface area contributed by atoms with Gasteiger partial charge in [0, 0.05) is 12.6 Å². The Morgan fingerprint density at radius 1 is 1.32 bits per heavy atom. The number of furan rings is 1. The van der Waals surface area contributed by atoms with Gasteiger partial charge in [0.25, 0.3) is 0 Å². The van der Waals surface area contributed by atoms with Gasteiger partial charge in [-0.1, -0.05) is 20.3 Å². The molecule has 0 aliphatic rings. The molecular formula is C15H28N2O2. The quantitative estimate of drug-likeness (QED) is 0.722. The van der Waals surface area contributed by atoms with Crippen LogP contribution in [0, 0.1) is 6.92 Å². The molecule has 0 aromatic carbocycles. The second-order valence-corrected chi connectivity index (χ2v) is 5.08. The first-order chi connectivity index (χ1) is 9.13. The monoisotopic (exact) mass is 268 g/mol. The summed E-state index contributed by atoms with van der Waals surface area (Å²) in [6.45, 7) is 7.93. The van der Waals surface area contributed by atoms with Crippen molar-refractivity contribution in [2.45, 2.75) is 52.1 Å². The van der Waals surface area contributed by atoms with Gasteiger partial charge >= 0.3 is 0 Å². The highest BCUT2D eigenvalue weighted by molar-refractivity contribution is 5.12. The minimum atomic E-state index is 0.0222. The van der Waals surface area contributed by atoms with Crippen LogP contribution in [0.2, 0.25) is 0 Å². The summed E-state index contributed by atoms with van der Waals surface area (Å²) in [4.78, 5) is 2.25. The molecule has 110 valence electrons. The number of nitrogens with zero attached hydrogens (tertiary/aromatic N) is 1. The van der Waals surface area contributed by atoms with Crippen molar-refractivity contribution in [1.82, 2.24) is 4.90 Å². The summed E-state index contributed by atoms with van der Waals surface area (Å²) in [5.41, 5.74) is 6.28. The molecular weight excluding hydrogens is 240 g/mol. The van der Waals surface area contributed by atoms with Crippen molar-refractivity contribution >= 4 is 0 Å². The molecule has 0 amide bonds. The molecule has 0 saturated heterocycles. The van der Waals surface area contributed by atoms with Crippen molar-refractivity contribution in [3.63, 3.8) is 0 Å². The van der Waals surface area contributed by atoms with Crippen LogP contribution in [-0.2, 0) is 0 Å².